The van der Waals surface area contributed by atoms with Crippen LogP contribution in [0.2, 0.25) is 0 Å². The molecule has 3 rings (SSSR count). The summed E-state index contributed by atoms with van der Waals surface area (Å²) in [6.07, 6.45) is 0. The van der Waals surface area contributed by atoms with Crippen molar-refractivity contribution in [3.8, 4) is 10.4 Å². The van der Waals surface area contributed by atoms with Crippen molar-refractivity contribution >= 4 is 44.0 Å². The Balaban J connectivity index is 2.33. The standard InChI is InChI=1S/C14H8BrNO2S/c15-14-16-11(13(17)18)12(19-14)10-7-3-5-8-4-1-2-6-9(8)10/h1-7H,(H,17,18). The Morgan fingerprint density at radius 1 is 1.16 bits per heavy atom. The van der Waals surface area contributed by atoms with Gasteiger partial charge in [-0.15, -0.1) is 11.3 Å². The first-order valence-electron chi connectivity index (χ1n) is 5.54. The summed E-state index contributed by atoms with van der Waals surface area (Å²) >= 11 is 4.59. The molecule has 0 atom stereocenters. The van der Waals surface area contributed by atoms with E-state index >= 15 is 0 Å². The van der Waals surface area contributed by atoms with Crippen LogP contribution in [0.25, 0.3) is 21.2 Å². The van der Waals surface area contributed by atoms with Gasteiger partial charge in [0, 0.05) is 5.56 Å². The van der Waals surface area contributed by atoms with Crippen LogP contribution in [0, 0.1) is 0 Å². The number of nitrogens with zero attached hydrogens (tertiary/aromatic N) is 1. The first-order chi connectivity index (χ1) is 9.16. The number of fused-ring (bicyclic) bond motifs is 1. The highest BCUT2D eigenvalue weighted by molar-refractivity contribution is 9.11. The fourth-order valence-corrected chi connectivity index (χ4v) is 3.53. The summed E-state index contributed by atoms with van der Waals surface area (Å²) in [6, 6.07) is 13.8. The summed E-state index contributed by atoms with van der Waals surface area (Å²) in [4.78, 5) is 16.0. The normalized spacial score (nSPS) is 10.8. The summed E-state index contributed by atoms with van der Waals surface area (Å²) in [5.41, 5.74) is 0.993. The molecular weight excluding hydrogens is 326 g/mol. The van der Waals surface area contributed by atoms with E-state index in [-0.39, 0.29) is 5.69 Å². The number of carbonyl (C=O) groups is 1. The maximum atomic E-state index is 11.3. The second kappa shape index (κ2) is 4.75. The number of benzene rings is 2. The van der Waals surface area contributed by atoms with E-state index in [2.05, 4.69) is 20.9 Å². The van der Waals surface area contributed by atoms with Gasteiger partial charge in [-0.05, 0) is 26.7 Å². The van der Waals surface area contributed by atoms with Gasteiger partial charge in [0.1, 0.15) is 0 Å². The van der Waals surface area contributed by atoms with Crippen molar-refractivity contribution in [2.45, 2.75) is 0 Å². The van der Waals surface area contributed by atoms with E-state index in [4.69, 9.17) is 0 Å². The van der Waals surface area contributed by atoms with Crippen LogP contribution in [0.3, 0.4) is 0 Å². The van der Waals surface area contributed by atoms with E-state index in [0.29, 0.717) is 8.79 Å². The Hall–Kier alpha value is -1.72. The molecule has 2 aromatic carbocycles. The van der Waals surface area contributed by atoms with Crippen molar-refractivity contribution in [3.05, 3.63) is 52.1 Å². The van der Waals surface area contributed by atoms with Crippen molar-refractivity contribution in [1.29, 1.82) is 0 Å². The van der Waals surface area contributed by atoms with E-state index in [1.165, 1.54) is 11.3 Å². The molecule has 0 aliphatic heterocycles. The molecule has 0 unspecified atom stereocenters. The van der Waals surface area contributed by atoms with Crippen LogP contribution in [0.1, 0.15) is 10.5 Å². The first kappa shape index (κ1) is 12.3. The van der Waals surface area contributed by atoms with Crippen molar-refractivity contribution in [2.75, 3.05) is 0 Å². The third-order valence-electron chi connectivity index (χ3n) is 2.84. The van der Waals surface area contributed by atoms with Crippen molar-refractivity contribution in [1.82, 2.24) is 4.98 Å². The topological polar surface area (TPSA) is 50.2 Å². The average molecular weight is 334 g/mol. The Labute approximate surface area is 121 Å². The molecule has 0 amide bonds. The smallest absolute Gasteiger partial charge is 0.356 e. The van der Waals surface area contributed by atoms with Gasteiger partial charge in [0.05, 0.1) is 4.88 Å². The monoisotopic (exact) mass is 333 g/mol. The van der Waals surface area contributed by atoms with Crippen LogP contribution in [0.4, 0.5) is 0 Å². The van der Waals surface area contributed by atoms with Crippen LogP contribution < -0.4 is 0 Å². The molecule has 3 nitrogen and oxygen atoms in total. The summed E-state index contributed by atoms with van der Waals surface area (Å²) < 4.78 is 0.577. The Morgan fingerprint density at radius 3 is 2.68 bits per heavy atom. The molecule has 1 heterocycles. The molecule has 5 heteroatoms. The molecule has 1 N–H and O–H groups in total. The molecule has 3 aromatic rings. The lowest BCUT2D eigenvalue weighted by Crippen LogP contribution is -1.98. The summed E-state index contributed by atoms with van der Waals surface area (Å²) in [5, 5.41) is 11.4. The van der Waals surface area contributed by atoms with E-state index < -0.39 is 5.97 Å². The highest BCUT2D eigenvalue weighted by Crippen LogP contribution is 2.37. The van der Waals surface area contributed by atoms with Crippen LogP contribution >= 0.6 is 27.3 Å². The van der Waals surface area contributed by atoms with Gasteiger partial charge in [-0.1, -0.05) is 42.5 Å². The molecule has 0 spiro atoms. The number of rotatable bonds is 2. The third kappa shape index (κ3) is 2.15. The predicted octanol–water partition coefficient (Wildman–Crippen LogP) is 4.42. The van der Waals surface area contributed by atoms with Crippen molar-refractivity contribution < 1.29 is 9.90 Å². The van der Waals surface area contributed by atoms with Crippen LogP contribution in [0.15, 0.2) is 46.4 Å². The van der Waals surface area contributed by atoms with Gasteiger partial charge in [0.15, 0.2) is 9.61 Å². The highest BCUT2D eigenvalue weighted by atomic mass is 79.9. The van der Waals surface area contributed by atoms with Crippen molar-refractivity contribution in [3.63, 3.8) is 0 Å². The van der Waals surface area contributed by atoms with Gasteiger partial charge in [0.25, 0.3) is 0 Å². The van der Waals surface area contributed by atoms with Gasteiger partial charge >= 0.3 is 5.97 Å². The molecule has 0 saturated carbocycles. The lowest BCUT2D eigenvalue weighted by Gasteiger charge is -2.04. The molecule has 0 aliphatic carbocycles. The Kier molecular flexibility index (Phi) is 3.08. The molecule has 0 radical (unpaired) electrons. The van der Waals surface area contributed by atoms with Gasteiger partial charge in [-0.3, -0.25) is 0 Å². The minimum absolute atomic E-state index is 0.0910. The second-order valence-corrected chi connectivity index (χ2v) is 6.25. The van der Waals surface area contributed by atoms with Crippen LogP contribution in [-0.2, 0) is 0 Å². The molecule has 0 aliphatic rings. The summed E-state index contributed by atoms with van der Waals surface area (Å²) in [5.74, 6) is -1.01. The SMILES string of the molecule is O=C(O)c1nc(Br)sc1-c1cccc2ccccc12. The maximum absolute atomic E-state index is 11.3. The average Bonchev–Trinajstić information content (AvgIpc) is 2.80. The summed E-state index contributed by atoms with van der Waals surface area (Å²) in [6.45, 7) is 0. The van der Waals surface area contributed by atoms with Gasteiger partial charge in [-0.2, -0.15) is 0 Å². The molecule has 94 valence electrons. The number of thiazole rings is 1. The molecule has 0 fully saturated rings. The third-order valence-corrected chi connectivity index (χ3v) is 4.38. The van der Waals surface area contributed by atoms with E-state index in [1.54, 1.807) is 0 Å². The Morgan fingerprint density at radius 2 is 1.89 bits per heavy atom. The first-order valence-corrected chi connectivity index (χ1v) is 7.15. The van der Waals surface area contributed by atoms with E-state index in [0.717, 1.165) is 16.3 Å². The van der Waals surface area contributed by atoms with Gasteiger partial charge in [-0.25, -0.2) is 9.78 Å². The summed E-state index contributed by atoms with van der Waals surface area (Å²) in [7, 11) is 0. The van der Waals surface area contributed by atoms with Crippen LogP contribution in [-0.4, -0.2) is 16.1 Å². The quantitative estimate of drug-likeness (QED) is 0.754. The number of aromatic nitrogens is 1. The van der Waals surface area contributed by atoms with Gasteiger partial charge < -0.3 is 5.11 Å². The van der Waals surface area contributed by atoms with Crippen LogP contribution in [0.5, 0.6) is 0 Å². The second-order valence-electron chi connectivity index (χ2n) is 3.98. The minimum Gasteiger partial charge on any atom is -0.476 e. The predicted molar refractivity (Wildman–Crippen MR) is 79.7 cm³/mol. The Bertz CT molecular complexity index is 777. The largest absolute Gasteiger partial charge is 0.476 e. The number of hydrogen-bond donors (Lipinski definition) is 1. The molecular formula is C14H8BrNO2S. The number of carboxylic acids is 1. The fraction of sp³-hybridized carbons (Fsp3) is 0. The number of carboxylic acid groups (broad SMARTS) is 1. The molecule has 0 bridgehead atoms. The minimum atomic E-state index is -1.01. The fourth-order valence-electron chi connectivity index (χ4n) is 2.04. The molecule has 1 aromatic heterocycles. The van der Waals surface area contributed by atoms with Crippen molar-refractivity contribution in [2.24, 2.45) is 0 Å². The van der Waals surface area contributed by atoms with E-state index in [1.807, 2.05) is 42.5 Å². The number of aromatic carboxylic acids is 1. The molecule has 0 saturated heterocycles. The van der Waals surface area contributed by atoms with Gasteiger partial charge in [0.2, 0.25) is 0 Å². The lowest BCUT2D eigenvalue weighted by molar-refractivity contribution is 0.0692. The lowest BCUT2D eigenvalue weighted by atomic mass is 10.0. The number of halogens is 1. The zero-order valence-electron chi connectivity index (χ0n) is 9.63. The maximum Gasteiger partial charge on any atom is 0.356 e. The zero-order chi connectivity index (χ0) is 13.4. The highest BCUT2D eigenvalue weighted by Gasteiger charge is 2.19. The number of hydrogen-bond acceptors (Lipinski definition) is 3. The molecule has 19 heavy (non-hydrogen) atoms. The zero-order valence-corrected chi connectivity index (χ0v) is 12.0. The van der Waals surface area contributed by atoms with E-state index in [9.17, 15) is 9.90 Å².